The summed E-state index contributed by atoms with van der Waals surface area (Å²) < 4.78 is 30.0. The summed E-state index contributed by atoms with van der Waals surface area (Å²) in [6.07, 6.45) is 0.460. The van der Waals surface area contributed by atoms with Gasteiger partial charge in [-0.3, -0.25) is 4.79 Å². The summed E-state index contributed by atoms with van der Waals surface area (Å²) in [5, 5.41) is 3.14. The van der Waals surface area contributed by atoms with Crippen LogP contribution in [0.25, 0.3) is 0 Å². The maximum absolute atomic E-state index is 12.0. The van der Waals surface area contributed by atoms with Crippen LogP contribution in [0.1, 0.15) is 19.8 Å². The van der Waals surface area contributed by atoms with E-state index in [9.17, 15) is 13.2 Å². The average Bonchev–Trinajstić information content (AvgIpc) is 2.28. The lowest BCUT2D eigenvalue weighted by atomic mass is 10.3. The van der Waals surface area contributed by atoms with Crippen molar-refractivity contribution in [2.45, 2.75) is 25.8 Å². The molecule has 17 heavy (non-hydrogen) atoms. The Morgan fingerprint density at radius 2 is 2.24 bits per heavy atom. The number of carbonyl (C=O) groups is 1. The Morgan fingerprint density at radius 1 is 1.53 bits per heavy atom. The number of nitrogens with zero attached hydrogens (tertiary/aromatic N) is 1. The Balaban J connectivity index is 2.47. The quantitative estimate of drug-likeness (QED) is 0.682. The molecule has 0 aromatic carbocycles. The van der Waals surface area contributed by atoms with Crippen LogP contribution in [0.5, 0.6) is 0 Å². The highest BCUT2D eigenvalue weighted by atomic mass is 32.2. The van der Waals surface area contributed by atoms with Crippen molar-refractivity contribution in [3.63, 3.8) is 0 Å². The number of hydrogen-bond acceptors (Lipinski definition) is 5. The van der Waals surface area contributed by atoms with E-state index in [1.807, 2.05) is 6.92 Å². The normalized spacial score (nSPS) is 22.4. The first-order valence-electron chi connectivity index (χ1n) is 5.74. The van der Waals surface area contributed by atoms with E-state index in [0.29, 0.717) is 26.1 Å². The van der Waals surface area contributed by atoms with Crippen LogP contribution in [-0.2, 0) is 19.6 Å². The third kappa shape index (κ3) is 4.25. The van der Waals surface area contributed by atoms with Gasteiger partial charge in [0.1, 0.15) is 0 Å². The lowest BCUT2D eigenvalue weighted by Gasteiger charge is -2.32. The molecule has 0 aromatic heterocycles. The molecular formula is C10H20N2O4S. The van der Waals surface area contributed by atoms with Gasteiger partial charge in [-0.1, -0.05) is 0 Å². The third-order valence-electron chi connectivity index (χ3n) is 2.81. The highest BCUT2D eigenvalue weighted by Crippen LogP contribution is 2.11. The number of piperazine rings is 1. The van der Waals surface area contributed by atoms with Crippen molar-refractivity contribution >= 4 is 16.0 Å². The number of nitrogens with one attached hydrogen (secondary N) is 1. The minimum Gasteiger partial charge on any atom is -0.469 e. The summed E-state index contributed by atoms with van der Waals surface area (Å²) in [4.78, 5) is 10.9. The second-order valence-electron chi connectivity index (χ2n) is 4.16. The summed E-state index contributed by atoms with van der Waals surface area (Å²) in [6, 6.07) is -0.0214. The smallest absolute Gasteiger partial charge is 0.305 e. The third-order valence-corrected chi connectivity index (χ3v) is 4.87. The Hall–Kier alpha value is -0.660. The van der Waals surface area contributed by atoms with Crippen molar-refractivity contribution in [2.24, 2.45) is 0 Å². The van der Waals surface area contributed by atoms with Crippen molar-refractivity contribution in [1.82, 2.24) is 9.62 Å². The minimum absolute atomic E-state index is 0.00639. The molecule has 1 aliphatic heterocycles. The van der Waals surface area contributed by atoms with Crippen LogP contribution in [0.2, 0.25) is 0 Å². The molecule has 1 aliphatic rings. The van der Waals surface area contributed by atoms with Crippen molar-refractivity contribution < 1.29 is 17.9 Å². The lowest BCUT2D eigenvalue weighted by molar-refractivity contribution is -0.140. The molecular weight excluding hydrogens is 244 g/mol. The van der Waals surface area contributed by atoms with Gasteiger partial charge in [0.15, 0.2) is 0 Å². The van der Waals surface area contributed by atoms with Gasteiger partial charge >= 0.3 is 5.97 Å². The number of ether oxygens (including phenoxy) is 1. The summed E-state index contributed by atoms with van der Waals surface area (Å²) in [5.74, 6) is -0.361. The van der Waals surface area contributed by atoms with E-state index in [4.69, 9.17) is 0 Å². The predicted molar refractivity (Wildman–Crippen MR) is 64.1 cm³/mol. The van der Waals surface area contributed by atoms with Gasteiger partial charge in [-0.2, -0.15) is 4.31 Å². The van der Waals surface area contributed by atoms with Crippen molar-refractivity contribution in [1.29, 1.82) is 0 Å². The van der Waals surface area contributed by atoms with Gasteiger partial charge < -0.3 is 10.1 Å². The zero-order chi connectivity index (χ0) is 12.9. The molecule has 0 unspecified atom stereocenters. The Labute approximate surface area is 102 Å². The van der Waals surface area contributed by atoms with Crippen molar-refractivity contribution in [2.75, 3.05) is 32.5 Å². The Kier molecular flexibility index (Phi) is 5.35. The van der Waals surface area contributed by atoms with Gasteiger partial charge in [0.25, 0.3) is 0 Å². The first-order chi connectivity index (χ1) is 7.97. The van der Waals surface area contributed by atoms with Crippen LogP contribution >= 0.6 is 0 Å². The summed E-state index contributed by atoms with van der Waals surface area (Å²) in [7, 11) is -1.95. The van der Waals surface area contributed by atoms with E-state index in [1.54, 1.807) is 0 Å². The second kappa shape index (κ2) is 6.32. The van der Waals surface area contributed by atoms with Gasteiger partial charge in [-0.15, -0.1) is 0 Å². The fraction of sp³-hybridized carbons (Fsp3) is 0.900. The highest BCUT2D eigenvalue weighted by molar-refractivity contribution is 7.89. The zero-order valence-corrected chi connectivity index (χ0v) is 11.1. The molecule has 1 heterocycles. The average molecular weight is 264 g/mol. The molecule has 0 amide bonds. The standard InChI is InChI=1S/C10H20N2O4S/c1-9-8-11-5-6-12(9)17(14,15)7-3-4-10(13)16-2/h9,11H,3-8H2,1-2H3/t9-/m0/s1. The fourth-order valence-electron chi connectivity index (χ4n) is 1.85. The van der Waals surface area contributed by atoms with Gasteiger partial charge in [-0.05, 0) is 13.3 Å². The van der Waals surface area contributed by atoms with Crippen LogP contribution in [0.4, 0.5) is 0 Å². The number of carbonyl (C=O) groups excluding carboxylic acids is 1. The summed E-state index contributed by atoms with van der Waals surface area (Å²) in [6.45, 7) is 3.74. The maximum Gasteiger partial charge on any atom is 0.305 e. The van der Waals surface area contributed by atoms with Gasteiger partial charge in [0, 0.05) is 32.1 Å². The van der Waals surface area contributed by atoms with Crippen LogP contribution in [0, 0.1) is 0 Å². The molecule has 1 fully saturated rings. The molecule has 0 spiro atoms. The van der Waals surface area contributed by atoms with E-state index >= 15 is 0 Å². The number of sulfonamides is 1. The maximum atomic E-state index is 12.0. The van der Waals surface area contributed by atoms with E-state index in [1.165, 1.54) is 11.4 Å². The fourth-order valence-corrected chi connectivity index (χ4v) is 3.59. The second-order valence-corrected chi connectivity index (χ2v) is 6.20. The van der Waals surface area contributed by atoms with Crippen molar-refractivity contribution in [3.8, 4) is 0 Å². The molecule has 7 heteroatoms. The van der Waals surface area contributed by atoms with Crippen molar-refractivity contribution in [3.05, 3.63) is 0 Å². The van der Waals surface area contributed by atoms with Crippen LogP contribution in [0.3, 0.4) is 0 Å². The first kappa shape index (κ1) is 14.4. The van der Waals surface area contributed by atoms with E-state index in [2.05, 4.69) is 10.1 Å². The highest BCUT2D eigenvalue weighted by Gasteiger charge is 2.28. The van der Waals surface area contributed by atoms with Crippen LogP contribution < -0.4 is 5.32 Å². The Morgan fingerprint density at radius 3 is 2.82 bits per heavy atom. The molecule has 0 radical (unpaired) electrons. The summed E-state index contributed by atoms with van der Waals surface area (Å²) >= 11 is 0. The lowest BCUT2D eigenvalue weighted by Crippen LogP contribution is -2.52. The monoisotopic (exact) mass is 264 g/mol. The number of methoxy groups -OCH3 is 1. The van der Waals surface area contributed by atoms with E-state index in [0.717, 1.165) is 0 Å². The molecule has 6 nitrogen and oxygen atoms in total. The van der Waals surface area contributed by atoms with Gasteiger partial charge in [0.05, 0.1) is 12.9 Å². The predicted octanol–water partition coefficient (Wildman–Crippen LogP) is -0.437. The molecule has 0 saturated carbocycles. The minimum atomic E-state index is -3.25. The Bertz CT molecular complexity index is 355. The van der Waals surface area contributed by atoms with E-state index in [-0.39, 0.29) is 24.2 Å². The summed E-state index contributed by atoms with van der Waals surface area (Å²) in [5.41, 5.74) is 0. The van der Waals surface area contributed by atoms with Crippen LogP contribution in [-0.4, -0.2) is 57.2 Å². The molecule has 0 bridgehead atoms. The molecule has 1 atom stereocenters. The topological polar surface area (TPSA) is 75.7 Å². The molecule has 1 saturated heterocycles. The molecule has 1 rings (SSSR count). The SMILES string of the molecule is COC(=O)CCCS(=O)(=O)N1CCNC[C@@H]1C. The molecule has 1 N–H and O–H groups in total. The van der Waals surface area contributed by atoms with Gasteiger partial charge in [0.2, 0.25) is 10.0 Å². The first-order valence-corrected chi connectivity index (χ1v) is 7.35. The van der Waals surface area contributed by atoms with Crippen LogP contribution in [0.15, 0.2) is 0 Å². The molecule has 100 valence electrons. The number of rotatable bonds is 5. The largest absolute Gasteiger partial charge is 0.469 e. The van der Waals surface area contributed by atoms with E-state index < -0.39 is 10.0 Å². The zero-order valence-electron chi connectivity index (χ0n) is 10.3. The molecule has 0 aromatic rings. The number of esters is 1. The number of hydrogen-bond donors (Lipinski definition) is 1. The van der Waals surface area contributed by atoms with Gasteiger partial charge in [-0.25, -0.2) is 8.42 Å². The molecule has 0 aliphatic carbocycles.